The Labute approximate surface area is 145 Å². The Bertz CT molecular complexity index is 535. The fraction of sp³-hybridized carbons (Fsp3) is 0.579. The van der Waals surface area contributed by atoms with Crippen LogP contribution in [0.2, 0.25) is 0 Å². The molecule has 1 atom stereocenters. The summed E-state index contributed by atoms with van der Waals surface area (Å²) in [5.41, 5.74) is 0.631. The number of carbonyl (C=O) groups is 2. The molecular weight excluding hydrogens is 304 g/mol. The standard InChI is InChI=1S/C19H30N2O3/c1-14(2)16(15-10-8-7-9-11-15)12-20-17(22)13-21(6)18(23)24-19(3,4)5/h7-11,14,16H,12-13H2,1-6H3,(H,20,22). The number of nitrogens with zero attached hydrogens (tertiary/aromatic N) is 1. The minimum absolute atomic E-state index is 0.0193. The van der Waals surface area contributed by atoms with Gasteiger partial charge in [0.25, 0.3) is 0 Å². The van der Waals surface area contributed by atoms with Crippen LogP contribution in [-0.2, 0) is 9.53 Å². The predicted octanol–water partition coefficient (Wildman–Crippen LogP) is 3.41. The van der Waals surface area contributed by atoms with Gasteiger partial charge in [-0.3, -0.25) is 4.79 Å². The number of rotatable bonds is 6. The van der Waals surface area contributed by atoms with Crippen molar-refractivity contribution < 1.29 is 14.3 Å². The van der Waals surface area contributed by atoms with Gasteiger partial charge in [0.05, 0.1) is 0 Å². The van der Waals surface area contributed by atoms with Crippen molar-refractivity contribution in [3.8, 4) is 0 Å². The highest BCUT2D eigenvalue weighted by molar-refractivity contribution is 5.82. The largest absolute Gasteiger partial charge is 0.444 e. The van der Waals surface area contributed by atoms with Gasteiger partial charge in [-0.15, -0.1) is 0 Å². The lowest BCUT2D eigenvalue weighted by Gasteiger charge is -2.25. The maximum Gasteiger partial charge on any atom is 0.410 e. The van der Waals surface area contributed by atoms with Gasteiger partial charge in [0, 0.05) is 19.5 Å². The van der Waals surface area contributed by atoms with Gasteiger partial charge in [-0.1, -0.05) is 44.2 Å². The lowest BCUT2D eigenvalue weighted by atomic mass is 9.88. The maximum atomic E-state index is 12.1. The van der Waals surface area contributed by atoms with Crippen molar-refractivity contribution in [3.63, 3.8) is 0 Å². The summed E-state index contributed by atoms with van der Waals surface area (Å²) in [6.07, 6.45) is -0.499. The summed E-state index contributed by atoms with van der Waals surface area (Å²) in [7, 11) is 1.56. The summed E-state index contributed by atoms with van der Waals surface area (Å²) in [6, 6.07) is 10.1. The maximum absolute atomic E-state index is 12.1. The van der Waals surface area contributed by atoms with Gasteiger partial charge in [-0.2, -0.15) is 0 Å². The van der Waals surface area contributed by atoms with E-state index in [0.29, 0.717) is 12.5 Å². The molecule has 0 saturated carbocycles. The zero-order valence-corrected chi connectivity index (χ0v) is 15.6. The van der Waals surface area contributed by atoms with E-state index in [1.807, 2.05) is 18.2 Å². The predicted molar refractivity (Wildman–Crippen MR) is 95.9 cm³/mol. The molecule has 24 heavy (non-hydrogen) atoms. The lowest BCUT2D eigenvalue weighted by Crippen LogP contribution is -2.42. The van der Waals surface area contributed by atoms with Gasteiger partial charge in [0.15, 0.2) is 0 Å². The van der Waals surface area contributed by atoms with Gasteiger partial charge >= 0.3 is 6.09 Å². The molecule has 0 aliphatic heterocycles. The van der Waals surface area contributed by atoms with E-state index in [-0.39, 0.29) is 18.4 Å². The second-order valence-corrected chi connectivity index (χ2v) is 7.40. The highest BCUT2D eigenvalue weighted by Crippen LogP contribution is 2.23. The van der Waals surface area contributed by atoms with E-state index < -0.39 is 11.7 Å². The van der Waals surface area contributed by atoms with E-state index in [9.17, 15) is 9.59 Å². The van der Waals surface area contributed by atoms with Crippen LogP contribution in [0, 0.1) is 5.92 Å². The topological polar surface area (TPSA) is 58.6 Å². The van der Waals surface area contributed by atoms with E-state index in [2.05, 4.69) is 31.3 Å². The molecule has 0 heterocycles. The third kappa shape index (κ3) is 7.02. The van der Waals surface area contributed by atoms with Crippen LogP contribution in [0.5, 0.6) is 0 Å². The molecule has 1 N–H and O–H groups in total. The average Bonchev–Trinajstić information content (AvgIpc) is 2.46. The highest BCUT2D eigenvalue weighted by atomic mass is 16.6. The Kier molecular flexibility index (Phi) is 7.26. The lowest BCUT2D eigenvalue weighted by molar-refractivity contribution is -0.122. The van der Waals surface area contributed by atoms with Gasteiger partial charge in [0.1, 0.15) is 12.1 Å². The van der Waals surface area contributed by atoms with Crippen molar-refractivity contribution in [1.82, 2.24) is 10.2 Å². The Morgan fingerprint density at radius 2 is 1.75 bits per heavy atom. The fourth-order valence-electron chi connectivity index (χ4n) is 2.34. The molecule has 0 aromatic heterocycles. The number of hydrogen-bond acceptors (Lipinski definition) is 3. The monoisotopic (exact) mass is 334 g/mol. The van der Waals surface area contributed by atoms with Crippen molar-refractivity contribution >= 4 is 12.0 Å². The van der Waals surface area contributed by atoms with E-state index in [1.54, 1.807) is 27.8 Å². The molecule has 134 valence electrons. The molecule has 0 aliphatic carbocycles. The highest BCUT2D eigenvalue weighted by Gasteiger charge is 2.22. The molecule has 5 nitrogen and oxygen atoms in total. The van der Waals surface area contributed by atoms with Gasteiger partial charge in [0.2, 0.25) is 5.91 Å². The number of hydrogen-bond donors (Lipinski definition) is 1. The van der Waals surface area contributed by atoms with Gasteiger partial charge < -0.3 is 15.0 Å². The number of amides is 2. The molecule has 0 spiro atoms. The first-order valence-electron chi connectivity index (χ1n) is 8.36. The number of carbonyl (C=O) groups excluding carboxylic acids is 2. The summed E-state index contributed by atoms with van der Waals surface area (Å²) < 4.78 is 5.24. The zero-order valence-electron chi connectivity index (χ0n) is 15.6. The van der Waals surface area contributed by atoms with Crippen LogP contribution in [-0.4, -0.2) is 42.6 Å². The normalized spacial score (nSPS) is 12.6. The second kappa shape index (κ2) is 8.71. The molecule has 1 rings (SSSR count). The summed E-state index contributed by atoms with van der Waals surface area (Å²) in [5.74, 6) is 0.447. The van der Waals surface area contributed by atoms with Crippen LogP contribution in [0.3, 0.4) is 0 Å². The first kappa shape index (κ1) is 20.0. The van der Waals surface area contributed by atoms with E-state index in [1.165, 1.54) is 10.5 Å². The zero-order chi connectivity index (χ0) is 18.3. The number of ether oxygens (including phenoxy) is 1. The van der Waals surface area contributed by atoms with Crippen molar-refractivity contribution in [1.29, 1.82) is 0 Å². The first-order valence-corrected chi connectivity index (χ1v) is 8.36. The quantitative estimate of drug-likeness (QED) is 0.867. The molecule has 0 bridgehead atoms. The average molecular weight is 334 g/mol. The number of nitrogens with one attached hydrogen (secondary N) is 1. The van der Waals surface area contributed by atoms with Crippen LogP contribution in [0.25, 0.3) is 0 Å². The second-order valence-electron chi connectivity index (χ2n) is 7.40. The Balaban J connectivity index is 2.53. The summed E-state index contributed by atoms with van der Waals surface area (Å²) >= 11 is 0. The fourth-order valence-corrected chi connectivity index (χ4v) is 2.34. The molecule has 0 saturated heterocycles. The third-order valence-electron chi connectivity index (χ3n) is 3.64. The van der Waals surface area contributed by atoms with Gasteiger partial charge in [-0.25, -0.2) is 4.79 Å². The molecule has 0 radical (unpaired) electrons. The number of benzene rings is 1. The van der Waals surface area contributed by atoms with Crippen LogP contribution in [0.15, 0.2) is 30.3 Å². The Hall–Kier alpha value is -2.04. The molecule has 1 aromatic rings. The van der Waals surface area contributed by atoms with Crippen LogP contribution >= 0.6 is 0 Å². The number of likely N-dealkylation sites (N-methyl/N-ethyl adjacent to an activating group) is 1. The van der Waals surface area contributed by atoms with Crippen molar-refractivity contribution in [2.24, 2.45) is 5.92 Å². The van der Waals surface area contributed by atoms with E-state index in [4.69, 9.17) is 4.74 Å². The molecule has 1 aromatic carbocycles. The summed E-state index contributed by atoms with van der Waals surface area (Å²) in [4.78, 5) is 25.3. The first-order chi connectivity index (χ1) is 11.1. The SMILES string of the molecule is CC(C)C(CNC(=O)CN(C)C(=O)OC(C)(C)C)c1ccccc1. The third-order valence-corrected chi connectivity index (χ3v) is 3.64. The Morgan fingerprint density at radius 3 is 2.25 bits per heavy atom. The van der Waals surface area contributed by atoms with Crippen LogP contribution in [0.4, 0.5) is 4.79 Å². The molecule has 2 amide bonds. The molecule has 1 unspecified atom stereocenters. The van der Waals surface area contributed by atoms with Crippen molar-refractivity contribution in [2.75, 3.05) is 20.1 Å². The van der Waals surface area contributed by atoms with Crippen molar-refractivity contribution in [3.05, 3.63) is 35.9 Å². The Morgan fingerprint density at radius 1 is 1.17 bits per heavy atom. The van der Waals surface area contributed by atoms with E-state index >= 15 is 0 Å². The molecule has 0 aliphatic rings. The van der Waals surface area contributed by atoms with Crippen molar-refractivity contribution in [2.45, 2.75) is 46.1 Å². The molecule has 0 fully saturated rings. The van der Waals surface area contributed by atoms with E-state index in [0.717, 1.165) is 0 Å². The summed E-state index contributed by atoms with van der Waals surface area (Å²) in [6.45, 7) is 10.2. The van der Waals surface area contributed by atoms with Crippen LogP contribution < -0.4 is 5.32 Å². The minimum atomic E-state index is -0.572. The molecular formula is C19H30N2O3. The van der Waals surface area contributed by atoms with Crippen LogP contribution in [0.1, 0.15) is 46.1 Å². The minimum Gasteiger partial charge on any atom is -0.444 e. The van der Waals surface area contributed by atoms with Gasteiger partial charge in [-0.05, 0) is 32.3 Å². The molecule has 5 heteroatoms. The summed E-state index contributed by atoms with van der Waals surface area (Å²) in [5, 5.41) is 2.92. The smallest absolute Gasteiger partial charge is 0.410 e.